The number of aromatic nitrogens is 2. The lowest BCUT2D eigenvalue weighted by Crippen LogP contribution is -2.27. The van der Waals surface area contributed by atoms with Gasteiger partial charge in [0, 0.05) is 12.7 Å². The SMILES string of the molecule is CN(C#N)C1(c2nnc(-c3ccccc3Nc3ccc(C(F)(F)F)cc3)o2)CC1. The fourth-order valence-electron chi connectivity index (χ4n) is 3.10. The Morgan fingerprint density at radius 3 is 2.41 bits per heavy atom. The maximum absolute atomic E-state index is 12.7. The van der Waals surface area contributed by atoms with Crippen molar-refractivity contribution in [2.75, 3.05) is 12.4 Å². The Hall–Kier alpha value is -3.54. The second kappa shape index (κ2) is 6.81. The summed E-state index contributed by atoms with van der Waals surface area (Å²) >= 11 is 0. The maximum atomic E-state index is 12.7. The van der Waals surface area contributed by atoms with Crippen molar-refractivity contribution in [3.63, 3.8) is 0 Å². The van der Waals surface area contributed by atoms with Gasteiger partial charge in [-0.1, -0.05) is 12.1 Å². The van der Waals surface area contributed by atoms with Gasteiger partial charge in [0.05, 0.1) is 16.8 Å². The zero-order valence-corrected chi connectivity index (χ0v) is 15.4. The third-order valence-corrected chi connectivity index (χ3v) is 4.99. The highest BCUT2D eigenvalue weighted by atomic mass is 19.4. The number of halogens is 3. The summed E-state index contributed by atoms with van der Waals surface area (Å²) in [4.78, 5) is 1.51. The van der Waals surface area contributed by atoms with Crippen molar-refractivity contribution in [1.82, 2.24) is 15.1 Å². The van der Waals surface area contributed by atoms with Crippen LogP contribution in [-0.2, 0) is 11.7 Å². The Morgan fingerprint density at radius 1 is 1.10 bits per heavy atom. The van der Waals surface area contributed by atoms with Crippen LogP contribution in [0.2, 0.25) is 0 Å². The molecule has 29 heavy (non-hydrogen) atoms. The number of hydrogen-bond donors (Lipinski definition) is 1. The monoisotopic (exact) mass is 399 g/mol. The van der Waals surface area contributed by atoms with Crippen LogP contribution in [0.15, 0.2) is 52.9 Å². The molecule has 1 fully saturated rings. The molecule has 0 saturated heterocycles. The summed E-state index contributed by atoms with van der Waals surface area (Å²) in [6.45, 7) is 0. The smallest absolute Gasteiger partial charge is 0.416 e. The second-order valence-corrected chi connectivity index (χ2v) is 6.85. The van der Waals surface area contributed by atoms with Crippen molar-refractivity contribution in [2.24, 2.45) is 0 Å². The fraction of sp³-hybridized carbons (Fsp3) is 0.250. The molecule has 0 radical (unpaired) electrons. The van der Waals surface area contributed by atoms with E-state index in [0.29, 0.717) is 22.8 Å². The van der Waals surface area contributed by atoms with E-state index in [1.165, 1.54) is 17.0 Å². The van der Waals surface area contributed by atoms with E-state index in [1.807, 2.05) is 0 Å². The maximum Gasteiger partial charge on any atom is 0.416 e. The normalized spacial score (nSPS) is 14.9. The van der Waals surface area contributed by atoms with E-state index in [4.69, 9.17) is 4.42 Å². The molecule has 3 aromatic rings. The van der Waals surface area contributed by atoms with Crippen LogP contribution in [0.1, 0.15) is 24.3 Å². The minimum Gasteiger partial charge on any atom is -0.418 e. The molecule has 9 heteroatoms. The number of hydrogen-bond acceptors (Lipinski definition) is 6. The lowest BCUT2D eigenvalue weighted by molar-refractivity contribution is -0.137. The van der Waals surface area contributed by atoms with Crippen LogP contribution in [-0.4, -0.2) is 22.1 Å². The second-order valence-electron chi connectivity index (χ2n) is 6.85. The third kappa shape index (κ3) is 3.49. The van der Waals surface area contributed by atoms with Crippen LogP contribution < -0.4 is 5.32 Å². The van der Waals surface area contributed by atoms with Gasteiger partial charge in [0.25, 0.3) is 0 Å². The molecule has 6 nitrogen and oxygen atoms in total. The Morgan fingerprint density at radius 2 is 1.79 bits per heavy atom. The van der Waals surface area contributed by atoms with Crippen molar-refractivity contribution >= 4 is 11.4 Å². The van der Waals surface area contributed by atoms with E-state index < -0.39 is 17.3 Å². The lowest BCUT2D eigenvalue weighted by Gasteiger charge is -2.17. The van der Waals surface area contributed by atoms with Crippen LogP contribution in [0.4, 0.5) is 24.5 Å². The van der Waals surface area contributed by atoms with Gasteiger partial charge in [-0.2, -0.15) is 18.4 Å². The molecular formula is C20H16F3N5O. The van der Waals surface area contributed by atoms with E-state index in [0.717, 1.165) is 25.0 Å². The quantitative estimate of drug-likeness (QED) is 0.486. The standard InChI is InChI=1S/C20H16F3N5O/c1-28(12-24)19(10-11-19)18-27-26-17(29-18)15-4-2-3-5-16(15)25-14-8-6-13(7-9-14)20(21,22)23/h2-9,25H,10-11H2,1H3. The first kappa shape index (κ1) is 18.8. The van der Waals surface area contributed by atoms with Gasteiger partial charge in [-0.3, -0.25) is 4.90 Å². The summed E-state index contributed by atoms with van der Waals surface area (Å²) < 4.78 is 44.1. The van der Waals surface area contributed by atoms with Gasteiger partial charge in [-0.05, 0) is 49.2 Å². The van der Waals surface area contributed by atoms with Crippen molar-refractivity contribution in [2.45, 2.75) is 24.6 Å². The molecule has 0 atom stereocenters. The highest BCUT2D eigenvalue weighted by Gasteiger charge is 2.53. The van der Waals surface area contributed by atoms with Crippen LogP contribution in [0.5, 0.6) is 0 Å². The van der Waals surface area contributed by atoms with Crippen LogP contribution >= 0.6 is 0 Å². The summed E-state index contributed by atoms with van der Waals surface area (Å²) in [7, 11) is 1.68. The van der Waals surface area contributed by atoms with E-state index in [2.05, 4.69) is 21.7 Å². The van der Waals surface area contributed by atoms with Gasteiger partial charge >= 0.3 is 6.18 Å². The van der Waals surface area contributed by atoms with Gasteiger partial charge in [0.15, 0.2) is 6.19 Å². The number of alkyl halides is 3. The minimum atomic E-state index is -4.38. The Kier molecular flexibility index (Phi) is 4.42. The van der Waals surface area contributed by atoms with E-state index in [9.17, 15) is 18.4 Å². The summed E-state index contributed by atoms with van der Waals surface area (Å²) in [5, 5.41) is 20.5. The van der Waals surface area contributed by atoms with Gasteiger partial charge in [0.1, 0.15) is 5.54 Å². The van der Waals surface area contributed by atoms with Gasteiger partial charge in [-0.25, -0.2) is 0 Å². The number of rotatable bonds is 5. The zero-order valence-electron chi connectivity index (χ0n) is 15.4. The molecule has 0 unspecified atom stereocenters. The number of para-hydroxylation sites is 1. The highest BCUT2D eigenvalue weighted by molar-refractivity contribution is 5.76. The average molecular weight is 399 g/mol. The lowest BCUT2D eigenvalue weighted by atomic mass is 10.1. The Balaban J connectivity index is 1.61. The van der Waals surface area contributed by atoms with Crippen molar-refractivity contribution in [3.05, 3.63) is 60.0 Å². The zero-order chi connectivity index (χ0) is 20.6. The predicted molar refractivity (Wildman–Crippen MR) is 98.7 cm³/mol. The summed E-state index contributed by atoms with van der Waals surface area (Å²) in [5.74, 6) is 0.647. The molecule has 148 valence electrons. The molecule has 1 N–H and O–H groups in total. The molecule has 0 bridgehead atoms. The molecule has 0 aliphatic heterocycles. The van der Waals surface area contributed by atoms with Crippen LogP contribution in [0, 0.1) is 11.5 Å². The van der Waals surface area contributed by atoms with Gasteiger partial charge in [-0.15, -0.1) is 10.2 Å². The molecule has 1 aliphatic carbocycles. The molecule has 2 aromatic carbocycles. The first-order valence-electron chi connectivity index (χ1n) is 8.85. The summed E-state index contributed by atoms with van der Waals surface area (Å²) in [6, 6.07) is 11.9. The van der Waals surface area contributed by atoms with E-state index in [1.54, 1.807) is 31.3 Å². The molecular weight excluding hydrogens is 383 g/mol. The highest BCUT2D eigenvalue weighted by Crippen LogP contribution is 2.50. The molecule has 1 aromatic heterocycles. The fourth-order valence-corrected chi connectivity index (χ4v) is 3.10. The number of nitriles is 1. The van der Waals surface area contributed by atoms with Gasteiger partial charge < -0.3 is 9.73 Å². The van der Waals surface area contributed by atoms with Crippen molar-refractivity contribution in [1.29, 1.82) is 5.26 Å². The topological polar surface area (TPSA) is 78.0 Å². The average Bonchev–Trinajstić information content (AvgIpc) is 3.37. The first-order valence-corrected chi connectivity index (χ1v) is 8.85. The van der Waals surface area contributed by atoms with E-state index in [-0.39, 0.29) is 5.89 Å². The molecule has 4 rings (SSSR count). The van der Waals surface area contributed by atoms with E-state index >= 15 is 0 Å². The van der Waals surface area contributed by atoms with Crippen LogP contribution in [0.3, 0.4) is 0 Å². The number of anilines is 2. The molecule has 0 spiro atoms. The Labute approximate surface area is 164 Å². The van der Waals surface area contributed by atoms with Crippen LogP contribution in [0.25, 0.3) is 11.5 Å². The summed E-state index contributed by atoms with van der Waals surface area (Å²) in [6.07, 6.45) is -0.787. The first-order chi connectivity index (χ1) is 13.8. The predicted octanol–water partition coefficient (Wildman–Crippen LogP) is 4.90. The summed E-state index contributed by atoms with van der Waals surface area (Å²) in [5.41, 5.74) is 0.459. The molecule has 1 saturated carbocycles. The minimum absolute atomic E-state index is 0.271. The largest absolute Gasteiger partial charge is 0.418 e. The Bertz CT molecular complexity index is 1060. The number of benzene rings is 2. The van der Waals surface area contributed by atoms with Crippen molar-refractivity contribution < 1.29 is 17.6 Å². The van der Waals surface area contributed by atoms with Gasteiger partial charge in [0.2, 0.25) is 11.8 Å². The number of nitrogens with zero attached hydrogens (tertiary/aromatic N) is 4. The molecule has 1 heterocycles. The number of nitrogens with one attached hydrogen (secondary N) is 1. The molecule has 1 aliphatic rings. The van der Waals surface area contributed by atoms with Crippen molar-refractivity contribution in [3.8, 4) is 17.6 Å². The molecule has 0 amide bonds. The third-order valence-electron chi connectivity index (χ3n) is 4.99.